The second kappa shape index (κ2) is 11.7. The molecule has 0 saturated carbocycles. The van der Waals surface area contributed by atoms with Gasteiger partial charge < -0.3 is 19.5 Å². The van der Waals surface area contributed by atoms with Gasteiger partial charge >= 0.3 is 0 Å². The van der Waals surface area contributed by atoms with Crippen LogP contribution >= 0.6 is 0 Å². The van der Waals surface area contributed by atoms with E-state index in [0.717, 1.165) is 44.9 Å². The summed E-state index contributed by atoms with van der Waals surface area (Å²) in [4.78, 5) is 0. The molecule has 4 heteroatoms. The SMILES string of the molecule is CCCNCc1cccc(OCCOCCCOC)c1. The highest BCUT2D eigenvalue weighted by Gasteiger charge is 1.97. The van der Waals surface area contributed by atoms with Crippen molar-refractivity contribution in [1.82, 2.24) is 5.32 Å². The summed E-state index contributed by atoms with van der Waals surface area (Å²) in [6.45, 7) is 6.75. The lowest BCUT2D eigenvalue weighted by atomic mass is 10.2. The minimum absolute atomic E-state index is 0.582. The molecular weight excluding hydrogens is 254 g/mol. The molecule has 0 unspecified atom stereocenters. The summed E-state index contributed by atoms with van der Waals surface area (Å²) in [6.07, 6.45) is 2.08. The molecule has 0 aliphatic carbocycles. The Morgan fingerprint density at radius 1 is 1.10 bits per heavy atom. The van der Waals surface area contributed by atoms with Gasteiger partial charge in [0, 0.05) is 26.9 Å². The molecule has 0 aliphatic heterocycles. The number of methoxy groups -OCH3 is 1. The highest BCUT2D eigenvalue weighted by atomic mass is 16.5. The van der Waals surface area contributed by atoms with Crippen LogP contribution in [0.5, 0.6) is 5.75 Å². The van der Waals surface area contributed by atoms with Crippen molar-refractivity contribution < 1.29 is 14.2 Å². The number of ether oxygens (including phenoxy) is 3. The quantitative estimate of drug-likeness (QED) is 0.598. The molecule has 0 atom stereocenters. The normalized spacial score (nSPS) is 10.7. The van der Waals surface area contributed by atoms with E-state index in [-0.39, 0.29) is 0 Å². The van der Waals surface area contributed by atoms with E-state index in [1.165, 1.54) is 5.56 Å². The Labute approximate surface area is 122 Å². The second-order valence-corrected chi connectivity index (χ2v) is 4.63. The minimum atomic E-state index is 0.582. The Morgan fingerprint density at radius 2 is 2.00 bits per heavy atom. The van der Waals surface area contributed by atoms with Gasteiger partial charge in [-0.3, -0.25) is 0 Å². The van der Waals surface area contributed by atoms with Gasteiger partial charge in [0.05, 0.1) is 6.61 Å². The predicted octanol–water partition coefficient (Wildman–Crippen LogP) is 2.62. The summed E-state index contributed by atoms with van der Waals surface area (Å²) in [5, 5.41) is 3.38. The van der Waals surface area contributed by atoms with Crippen LogP contribution in [0.15, 0.2) is 24.3 Å². The van der Waals surface area contributed by atoms with Crippen LogP contribution in [-0.2, 0) is 16.0 Å². The van der Waals surface area contributed by atoms with E-state index in [1.54, 1.807) is 7.11 Å². The molecule has 0 saturated heterocycles. The van der Waals surface area contributed by atoms with Crippen LogP contribution in [0, 0.1) is 0 Å². The van der Waals surface area contributed by atoms with E-state index in [9.17, 15) is 0 Å². The van der Waals surface area contributed by atoms with Crippen LogP contribution in [-0.4, -0.2) is 40.1 Å². The number of hydrogen-bond acceptors (Lipinski definition) is 4. The summed E-state index contributed by atoms with van der Waals surface area (Å²) >= 11 is 0. The van der Waals surface area contributed by atoms with E-state index < -0.39 is 0 Å². The van der Waals surface area contributed by atoms with E-state index in [0.29, 0.717) is 13.2 Å². The van der Waals surface area contributed by atoms with Gasteiger partial charge in [0.2, 0.25) is 0 Å². The molecule has 0 bridgehead atoms. The molecule has 0 amide bonds. The van der Waals surface area contributed by atoms with Crippen molar-refractivity contribution in [3.8, 4) is 5.75 Å². The smallest absolute Gasteiger partial charge is 0.119 e. The van der Waals surface area contributed by atoms with Crippen molar-refractivity contribution in [2.45, 2.75) is 26.3 Å². The van der Waals surface area contributed by atoms with Crippen LogP contribution in [0.2, 0.25) is 0 Å². The molecule has 0 fully saturated rings. The lowest BCUT2D eigenvalue weighted by Gasteiger charge is -2.09. The van der Waals surface area contributed by atoms with Gasteiger partial charge in [-0.2, -0.15) is 0 Å². The fraction of sp³-hybridized carbons (Fsp3) is 0.625. The summed E-state index contributed by atoms with van der Waals surface area (Å²) < 4.78 is 16.1. The molecule has 20 heavy (non-hydrogen) atoms. The van der Waals surface area contributed by atoms with E-state index in [1.807, 2.05) is 12.1 Å². The fourth-order valence-corrected chi connectivity index (χ4v) is 1.78. The molecule has 0 aliphatic rings. The molecule has 1 aromatic rings. The Bertz CT molecular complexity index is 344. The lowest BCUT2D eigenvalue weighted by molar-refractivity contribution is 0.0806. The van der Waals surface area contributed by atoms with Crippen molar-refractivity contribution >= 4 is 0 Å². The zero-order valence-corrected chi connectivity index (χ0v) is 12.7. The van der Waals surface area contributed by atoms with Crippen LogP contribution in [0.3, 0.4) is 0 Å². The van der Waals surface area contributed by atoms with E-state index in [4.69, 9.17) is 14.2 Å². The van der Waals surface area contributed by atoms with Gasteiger partial charge in [-0.25, -0.2) is 0 Å². The largest absolute Gasteiger partial charge is 0.491 e. The molecule has 1 rings (SSSR count). The lowest BCUT2D eigenvalue weighted by Crippen LogP contribution is -2.14. The topological polar surface area (TPSA) is 39.7 Å². The van der Waals surface area contributed by atoms with Crippen molar-refractivity contribution in [2.75, 3.05) is 40.1 Å². The molecule has 4 nitrogen and oxygen atoms in total. The molecular formula is C16H27NO3. The number of benzene rings is 1. The Morgan fingerprint density at radius 3 is 2.80 bits per heavy atom. The molecule has 0 heterocycles. The minimum Gasteiger partial charge on any atom is -0.491 e. The summed E-state index contributed by atoms with van der Waals surface area (Å²) in [5.41, 5.74) is 1.25. The monoisotopic (exact) mass is 281 g/mol. The van der Waals surface area contributed by atoms with E-state index in [2.05, 4.69) is 24.4 Å². The maximum Gasteiger partial charge on any atom is 0.119 e. The van der Waals surface area contributed by atoms with Gasteiger partial charge in [-0.15, -0.1) is 0 Å². The third kappa shape index (κ3) is 8.15. The van der Waals surface area contributed by atoms with Crippen molar-refractivity contribution in [1.29, 1.82) is 0 Å². The van der Waals surface area contributed by atoms with Crippen molar-refractivity contribution in [3.63, 3.8) is 0 Å². The first-order chi connectivity index (χ1) is 9.86. The molecule has 114 valence electrons. The first kappa shape index (κ1) is 17.0. The average molecular weight is 281 g/mol. The average Bonchev–Trinajstić information content (AvgIpc) is 2.47. The van der Waals surface area contributed by atoms with Gasteiger partial charge in [0.1, 0.15) is 12.4 Å². The Hall–Kier alpha value is -1.10. The van der Waals surface area contributed by atoms with E-state index >= 15 is 0 Å². The molecule has 0 radical (unpaired) electrons. The van der Waals surface area contributed by atoms with Gasteiger partial charge in [-0.05, 0) is 37.1 Å². The van der Waals surface area contributed by atoms with Gasteiger partial charge in [0.25, 0.3) is 0 Å². The maximum atomic E-state index is 5.68. The highest BCUT2D eigenvalue weighted by molar-refractivity contribution is 5.28. The molecule has 0 aromatic heterocycles. The second-order valence-electron chi connectivity index (χ2n) is 4.63. The third-order valence-electron chi connectivity index (χ3n) is 2.79. The van der Waals surface area contributed by atoms with Crippen LogP contribution in [0.1, 0.15) is 25.3 Å². The van der Waals surface area contributed by atoms with Gasteiger partial charge in [-0.1, -0.05) is 19.1 Å². The number of rotatable bonds is 12. The highest BCUT2D eigenvalue weighted by Crippen LogP contribution is 2.13. The fourth-order valence-electron chi connectivity index (χ4n) is 1.78. The summed E-state index contributed by atoms with van der Waals surface area (Å²) in [6, 6.07) is 8.19. The zero-order valence-electron chi connectivity index (χ0n) is 12.7. The number of hydrogen-bond donors (Lipinski definition) is 1. The standard InChI is InChI=1S/C16H27NO3/c1-3-8-17-14-15-6-4-7-16(13-15)20-12-11-19-10-5-9-18-2/h4,6-7,13,17H,3,5,8-12,14H2,1-2H3. The third-order valence-corrected chi connectivity index (χ3v) is 2.79. The first-order valence-electron chi connectivity index (χ1n) is 7.36. The summed E-state index contributed by atoms with van der Waals surface area (Å²) in [7, 11) is 1.70. The van der Waals surface area contributed by atoms with Crippen molar-refractivity contribution in [3.05, 3.63) is 29.8 Å². The maximum absolute atomic E-state index is 5.68. The van der Waals surface area contributed by atoms with Crippen LogP contribution < -0.4 is 10.1 Å². The Balaban J connectivity index is 2.14. The van der Waals surface area contributed by atoms with Crippen molar-refractivity contribution in [2.24, 2.45) is 0 Å². The van der Waals surface area contributed by atoms with Crippen LogP contribution in [0.25, 0.3) is 0 Å². The zero-order chi connectivity index (χ0) is 14.5. The Kier molecular flexibility index (Phi) is 9.92. The van der Waals surface area contributed by atoms with Crippen LogP contribution in [0.4, 0.5) is 0 Å². The number of nitrogens with one attached hydrogen (secondary N) is 1. The summed E-state index contributed by atoms with van der Waals surface area (Å²) in [5.74, 6) is 0.904. The molecule has 0 spiro atoms. The molecule has 1 aromatic carbocycles. The first-order valence-corrected chi connectivity index (χ1v) is 7.36. The van der Waals surface area contributed by atoms with Gasteiger partial charge in [0.15, 0.2) is 0 Å². The predicted molar refractivity (Wildman–Crippen MR) is 81.2 cm³/mol. The molecule has 1 N–H and O–H groups in total.